The molecule has 3 rings (SSSR count). The Hall–Kier alpha value is -1.76. The zero-order valence-electron chi connectivity index (χ0n) is 14.0. The Morgan fingerprint density at radius 3 is 2.25 bits per heavy atom. The van der Waals surface area contributed by atoms with Crippen LogP contribution in [0.25, 0.3) is 0 Å². The number of amides is 1. The molecule has 24 heavy (non-hydrogen) atoms. The molecule has 7 heteroatoms. The van der Waals surface area contributed by atoms with Crippen molar-refractivity contribution in [3.05, 3.63) is 24.3 Å². The van der Waals surface area contributed by atoms with Gasteiger partial charge >= 0.3 is 10.1 Å². The fourth-order valence-electron chi connectivity index (χ4n) is 3.12. The van der Waals surface area contributed by atoms with E-state index in [0.29, 0.717) is 18.8 Å². The summed E-state index contributed by atoms with van der Waals surface area (Å²) in [6, 6.07) is 7.14. The molecule has 0 spiro atoms. The Morgan fingerprint density at radius 2 is 1.75 bits per heavy atom. The van der Waals surface area contributed by atoms with Crippen LogP contribution in [-0.2, 0) is 14.9 Å². The molecular weight excluding hydrogens is 328 g/mol. The lowest BCUT2D eigenvalue weighted by Crippen LogP contribution is -2.48. The smallest absolute Gasteiger partial charge is 0.309 e. The van der Waals surface area contributed by atoms with Crippen LogP contribution in [0.1, 0.15) is 26.2 Å². The van der Waals surface area contributed by atoms with Gasteiger partial charge in [0, 0.05) is 38.8 Å². The molecule has 1 aromatic rings. The lowest BCUT2D eigenvalue weighted by atomic mass is 9.87. The molecule has 1 amide bonds. The molecule has 6 nitrogen and oxygen atoms in total. The fraction of sp³-hybridized carbons (Fsp3) is 0.588. The first-order valence-corrected chi connectivity index (χ1v) is 10.0. The highest BCUT2D eigenvalue weighted by Crippen LogP contribution is 2.29. The van der Waals surface area contributed by atoms with Gasteiger partial charge in [-0.2, -0.15) is 8.42 Å². The lowest BCUT2D eigenvalue weighted by molar-refractivity contribution is -0.129. The van der Waals surface area contributed by atoms with E-state index in [1.165, 1.54) is 0 Å². The van der Waals surface area contributed by atoms with Crippen molar-refractivity contribution >= 4 is 21.7 Å². The van der Waals surface area contributed by atoms with E-state index in [9.17, 15) is 13.2 Å². The summed E-state index contributed by atoms with van der Waals surface area (Å²) in [6.07, 6.45) is 3.08. The van der Waals surface area contributed by atoms with Crippen molar-refractivity contribution in [2.45, 2.75) is 26.2 Å². The molecule has 0 atom stereocenters. The van der Waals surface area contributed by atoms with Gasteiger partial charge in [0.15, 0.2) is 0 Å². The lowest BCUT2D eigenvalue weighted by Gasteiger charge is -2.35. The molecule has 2 fully saturated rings. The van der Waals surface area contributed by atoms with E-state index >= 15 is 0 Å². The molecule has 1 aliphatic heterocycles. The van der Waals surface area contributed by atoms with Gasteiger partial charge in [-0.15, -0.1) is 0 Å². The van der Waals surface area contributed by atoms with Gasteiger partial charge < -0.3 is 14.0 Å². The minimum Gasteiger partial charge on any atom is -0.382 e. The van der Waals surface area contributed by atoms with Gasteiger partial charge in [-0.25, -0.2) is 0 Å². The Morgan fingerprint density at radius 1 is 1.12 bits per heavy atom. The first-order chi connectivity index (χ1) is 11.4. The molecule has 1 aromatic carbocycles. The summed E-state index contributed by atoms with van der Waals surface area (Å²) in [5.41, 5.74) is 1.02. The molecule has 0 bridgehead atoms. The van der Waals surface area contributed by atoms with E-state index in [-0.39, 0.29) is 17.6 Å². The standard InChI is InChI=1S/C17H24N2O4S/c1-14(20)18-9-11-19(12-10-18)16-5-7-17(8-6-16)23-24(21,22)13-15-3-2-4-15/h5-8,15H,2-4,9-13H2,1H3. The predicted octanol–water partition coefficient (Wildman–Crippen LogP) is 1.86. The van der Waals surface area contributed by atoms with Gasteiger partial charge in [-0.05, 0) is 43.0 Å². The van der Waals surface area contributed by atoms with E-state index in [4.69, 9.17) is 4.18 Å². The quantitative estimate of drug-likeness (QED) is 0.757. The van der Waals surface area contributed by atoms with Crippen molar-refractivity contribution in [2.24, 2.45) is 5.92 Å². The first-order valence-electron chi connectivity index (χ1n) is 8.46. The highest BCUT2D eigenvalue weighted by Gasteiger charge is 2.26. The third kappa shape index (κ3) is 4.20. The largest absolute Gasteiger partial charge is 0.382 e. The van der Waals surface area contributed by atoms with Gasteiger partial charge in [-0.3, -0.25) is 4.79 Å². The summed E-state index contributed by atoms with van der Waals surface area (Å²) in [5, 5.41) is 0. The van der Waals surface area contributed by atoms with Gasteiger partial charge in [0.05, 0.1) is 5.75 Å². The Labute approximate surface area is 143 Å². The fourth-order valence-corrected chi connectivity index (χ4v) is 4.50. The summed E-state index contributed by atoms with van der Waals surface area (Å²) in [4.78, 5) is 15.4. The van der Waals surface area contributed by atoms with Crippen LogP contribution in [0.15, 0.2) is 24.3 Å². The zero-order chi connectivity index (χ0) is 17.2. The molecule has 132 valence electrons. The van der Waals surface area contributed by atoms with Gasteiger partial charge in [-0.1, -0.05) is 6.42 Å². The molecule has 1 saturated heterocycles. The molecule has 0 N–H and O–H groups in total. The number of carbonyl (C=O) groups excluding carboxylic acids is 1. The highest BCUT2D eigenvalue weighted by atomic mass is 32.2. The van der Waals surface area contributed by atoms with Crippen LogP contribution in [0.5, 0.6) is 5.75 Å². The Balaban J connectivity index is 1.56. The van der Waals surface area contributed by atoms with Crippen molar-refractivity contribution in [1.82, 2.24) is 4.90 Å². The number of rotatable bonds is 5. The number of hydrogen-bond acceptors (Lipinski definition) is 5. The van der Waals surface area contributed by atoms with Crippen molar-refractivity contribution in [3.63, 3.8) is 0 Å². The van der Waals surface area contributed by atoms with Crippen LogP contribution >= 0.6 is 0 Å². The minimum absolute atomic E-state index is 0.107. The number of anilines is 1. The molecule has 2 aliphatic rings. The van der Waals surface area contributed by atoms with Gasteiger partial charge in [0.25, 0.3) is 0 Å². The number of benzene rings is 1. The summed E-state index contributed by atoms with van der Waals surface area (Å²) in [5.74, 6) is 0.837. The summed E-state index contributed by atoms with van der Waals surface area (Å²) >= 11 is 0. The van der Waals surface area contributed by atoms with Gasteiger partial charge in [0.1, 0.15) is 5.75 Å². The third-order valence-corrected chi connectivity index (χ3v) is 6.14. The molecule has 1 saturated carbocycles. The maximum Gasteiger partial charge on any atom is 0.309 e. The second-order valence-electron chi connectivity index (χ2n) is 6.59. The topological polar surface area (TPSA) is 66.9 Å². The Kier molecular flexibility index (Phi) is 4.99. The second kappa shape index (κ2) is 7.01. The average molecular weight is 352 g/mol. The predicted molar refractivity (Wildman–Crippen MR) is 92.7 cm³/mol. The monoisotopic (exact) mass is 352 g/mol. The second-order valence-corrected chi connectivity index (χ2v) is 8.21. The number of piperazine rings is 1. The average Bonchev–Trinajstić information content (AvgIpc) is 2.52. The summed E-state index contributed by atoms with van der Waals surface area (Å²) in [6.45, 7) is 4.57. The maximum atomic E-state index is 12.0. The SMILES string of the molecule is CC(=O)N1CCN(c2ccc(OS(=O)(=O)CC3CCC3)cc2)CC1. The van der Waals surface area contributed by atoms with Crippen molar-refractivity contribution < 1.29 is 17.4 Å². The van der Waals surface area contributed by atoms with Crippen molar-refractivity contribution in [1.29, 1.82) is 0 Å². The number of carbonyl (C=O) groups is 1. The summed E-state index contributed by atoms with van der Waals surface area (Å²) in [7, 11) is -3.51. The molecule has 1 heterocycles. The van der Waals surface area contributed by atoms with Crippen LogP contribution in [0.4, 0.5) is 5.69 Å². The van der Waals surface area contributed by atoms with Gasteiger partial charge in [0.2, 0.25) is 5.91 Å². The van der Waals surface area contributed by atoms with Crippen LogP contribution in [-0.4, -0.2) is 51.2 Å². The van der Waals surface area contributed by atoms with E-state index in [2.05, 4.69) is 4.90 Å². The molecule has 0 aromatic heterocycles. The van der Waals surface area contributed by atoms with Crippen LogP contribution in [0.2, 0.25) is 0 Å². The Bertz CT molecular complexity index is 675. The number of nitrogens with zero attached hydrogens (tertiary/aromatic N) is 2. The first kappa shape index (κ1) is 17.1. The molecule has 0 unspecified atom stereocenters. The molecule has 0 radical (unpaired) electrons. The third-order valence-electron chi connectivity index (χ3n) is 4.81. The molecular formula is C17H24N2O4S. The molecule has 1 aliphatic carbocycles. The zero-order valence-corrected chi connectivity index (χ0v) is 14.8. The van der Waals surface area contributed by atoms with Crippen LogP contribution in [0.3, 0.4) is 0 Å². The van der Waals surface area contributed by atoms with Crippen molar-refractivity contribution in [2.75, 3.05) is 36.8 Å². The summed E-state index contributed by atoms with van der Waals surface area (Å²) < 4.78 is 29.2. The number of hydrogen-bond donors (Lipinski definition) is 0. The normalized spacial score (nSPS) is 19.0. The van der Waals surface area contributed by atoms with Crippen molar-refractivity contribution in [3.8, 4) is 5.75 Å². The van der Waals surface area contributed by atoms with Crippen LogP contribution in [0, 0.1) is 5.92 Å². The van der Waals surface area contributed by atoms with Crippen LogP contribution < -0.4 is 9.08 Å². The van der Waals surface area contributed by atoms with E-state index in [1.807, 2.05) is 17.0 Å². The maximum absolute atomic E-state index is 12.0. The van der Waals surface area contributed by atoms with E-state index in [0.717, 1.165) is 38.0 Å². The van der Waals surface area contributed by atoms with E-state index < -0.39 is 10.1 Å². The minimum atomic E-state index is -3.51. The van der Waals surface area contributed by atoms with E-state index in [1.54, 1.807) is 19.1 Å². The highest BCUT2D eigenvalue weighted by molar-refractivity contribution is 7.87.